The molecule has 2 aromatic rings. The molecule has 3 rings (SSSR count). The van der Waals surface area contributed by atoms with E-state index in [-0.39, 0.29) is 18.2 Å². The van der Waals surface area contributed by atoms with E-state index in [1.54, 1.807) is 0 Å². The number of carbonyl (C=O) groups is 2. The van der Waals surface area contributed by atoms with Crippen LogP contribution in [0.4, 0.5) is 11.4 Å². The maximum Gasteiger partial charge on any atom is 0.256 e. The third-order valence-corrected chi connectivity index (χ3v) is 3.87. The van der Waals surface area contributed by atoms with Crippen LogP contribution in [-0.4, -0.2) is 17.9 Å². The smallest absolute Gasteiger partial charge is 0.256 e. The molecule has 1 fully saturated rings. The highest BCUT2D eigenvalue weighted by molar-refractivity contribution is 6.23. The molecule has 2 amide bonds. The molecule has 22 heavy (non-hydrogen) atoms. The van der Waals surface area contributed by atoms with Crippen LogP contribution in [0.1, 0.15) is 17.5 Å². The van der Waals surface area contributed by atoms with Gasteiger partial charge in [0.2, 0.25) is 5.91 Å². The molecular formula is C18H18N2O2. The summed E-state index contributed by atoms with van der Waals surface area (Å²) < 4.78 is 0. The van der Waals surface area contributed by atoms with Gasteiger partial charge >= 0.3 is 0 Å². The van der Waals surface area contributed by atoms with Crippen LogP contribution < -0.4 is 10.2 Å². The third kappa shape index (κ3) is 2.60. The highest BCUT2D eigenvalue weighted by atomic mass is 16.2. The zero-order chi connectivity index (χ0) is 15.7. The van der Waals surface area contributed by atoms with Gasteiger partial charge in [0.15, 0.2) is 0 Å². The van der Waals surface area contributed by atoms with Gasteiger partial charge in [-0.25, -0.2) is 4.90 Å². The highest BCUT2D eigenvalue weighted by Gasteiger charge is 2.40. The predicted octanol–water partition coefficient (Wildman–Crippen LogP) is 3.05. The fourth-order valence-electron chi connectivity index (χ4n) is 2.69. The number of rotatable bonds is 3. The van der Waals surface area contributed by atoms with Crippen LogP contribution in [0.5, 0.6) is 0 Å². The molecule has 0 spiro atoms. The monoisotopic (exact) mass is 294 g/mol. The molecule has 0 bridgehead atoms. The number of hydrogen-bond acceptors (Lipinski definition) is 3. The number of imide groups is 1. The van der Waals surface area contributed by atoms with Gasteiger partial charge in [0.1, 0.15) is 6.04 Å². The Morgan fingerprint density at radius 3 is 2.50 bits per heavy atom. The first-order valence-electron chi connectivity index (χ1n) is 7.32. The topological polar surface area (TPSA) is 49.4 Å². The second kappa shape index (κ2) is 5.64. The van der Waals surface area contributed by atoms with Crippen molar-refractivity contribution in [2.24, 2.45) is 0 Å². The van der Waals surface area contributed by atoms with Crippen molar-refractivity contribution in [2.75, 3.05) is 10.2 Å². The minimum Gasteiger partial charge on any atom is -0.373 e. The first-order chi connectivity index (χ1) is 10.6. The third-order valence-electron chi connectivity index (χ3n) is 3.87. The summed E-state index contributed by atoms with van der Waals surface area (Å²) in [6, 6.07) is 14.8. The minimum atomic E-state index is -0.505. The molecule has 1 atom stereocenters. The van der Waals surface area contributed by atoms with Crippen molar-refractivity contribution < 1.29 is 9.59 Å². The number of aryl methyl sites for hydroxylation is 2. The maximum atomic E-state index is 12.6. The van der Waals surface area contributed by atoms with Gasteiger partial charge in [-0.3, -0.25) is 9.59 Å². The molecule has 0 saturated carbocycles. The lowest BCUT2D eigenvalue weighted by atomic mass is 10.1. The lowest BCUT2D eigenvalue weighted by Crippen LogP contribution is -2.35. The van der Waals surface area contributed by atoms with Crippen LogP contribution in [0.25, 0.3) is 0 Å². The second-order valence-electron chi connectivity index (χ2n) is 5.62. The van der Waals surface area contributed by atoms with E-state index in [1.807, 2.05) is 62.4 Å². The first-order valence-corrected chi connectivity index (χ1v) is 7.32. The molecule has 1 saturated heterocycles. The predicted molar refractivity (Wildman–Crippen MR) is 86.9 cm³/mol. The molecule has 1 aliphatic heterocycles. The molecule has 1 N–H and O–H groups in total. The normalized spacial score (nSPS) is 17.9. The summed E-state index contributed by atoms with van der Waals surface area (Å²) in [5.74, 6) is -0.352. The van der Waals surface area contributed by atoms with Gasteiger partial charge in [0.25, 0.3) is 5.91 Å². The van der Waals surface area contributed by atoms with E-state index < -0.39 is 6.04 Å². The van der Waals surface area contributed by atoms with E-state index in [1.165, 1.54) is 4.90 Å². The molecule has 0 aromatic heterocycles. The van der Waals surface area contributed by atoms with Crippen LogP contribution in [0.2, 0.25) is 0 Å². The van der Waals surface area contributed by atoms with Crippen molar-refractivity contribution in [3.63, 3.8) is 0 Å². The minimum absolute atomic E-state index is 0.160. The standard InChI is InChI=1S/C18H18N2O2/c1-12-8-9-13(2)16(10-12)20-17(21)11-15(18(20)22)19-14-6-4-3-5-7-14/h3-10,15,19H,11H2,1-2H3. The summed E-state index contributed by atoms with van der Waals surface area (Å²) in [5, 5.41) is 3.14. The number of amides is 2. The first kappa shape index (κ1) is 14.3. The Morgan fingerprint density at radius 2 is 1.77 bits per heavy atom. The molecule has 0 radical (unpaired) electrons. The largest absolute Gasteiger partial charge is 0.373 e. The Kier molecular flexibility index (Phi) is 3.67. The molecule has 0 aliphatic carbocycles. The van der Waals surface area contributed by atoms with E-state index in [0.29, 0.717) is 5.69 Å². The lowest BCUT2D eigenvalue weighted by molar-refractivity contribution is -0.121. The quantitative estimate of drug-likeness (QED) is 0.885. The fraction of sp³-hybridized carbons (Fsp3) is 0.222. The number of benzene rings is 2. The molecule has 1 heterocycles. The Bertz CT molecular complexity index is 725. The average molecular weight is 294 g/mol. The summed E-state index contributed by atoms with van der Waals surface area (Å²) >= 11 is 0. The molecule has 2 aromatic carbocycles. The van der Waals surface area contributed by atoms with Crippen molar-refractivity contribution in [3.05, 3.63) is 59.7 Å². The SMILES string of the molecule is Cc1ccc(C)c(N2C(=O)CC(Nc3ccccc3)C2=O)c1. The summed E-state index contributed by atoms with van der Waals surface area (Å²) in [4.78, 5) is 26.2. The van der Waals surface area contributed by atoms with Gasteiger partial charge in [-0.05, 0) is 43.2 Å². The maximum absolute atomic E-state index is 12.6. The van der Waals surface area contributed by atoms with Crippen molar-refractivity contribution in [2.45, 2.75) is 26.3 Å². The average Bonchev–Trinajstić information content (AvgIpc) is 2.77. The van der Waals surface area contributed by atoms with Crippen LogP contribution in [0, 0.1) is 13.8 Å². The Labute approximate surface area is 129 Å². The van der Waals surface area contributed by atoms with Gasteiger partial charge in [-0.2, -0.15) is 0 Å². The van der Waals surface area contributed by atoms with E-state index in [9.17, 15) is 9.59 Å². The van der Waals surface area contributed by atoms with E-state index in [0.717, 1.165) is 16.8 Å². The van der Waals surface area contributed by atoms with E-state index >= 15 is 0 Å². The van der Waals surface area contributed by atoms with E-state index in [4.69, 9.17) is 0 Å². The van der Waals surface area contributed by atoms with Crippen molar-refractivity contribution in [3.8, 4) is 0 Å². The molecule has 1 aliphatic rings. The zero-order valence-electron chi connectivity index (χ0n) is 12.7. The van der Waals surface area contributed by atoms with Gasteiger partial charge in [-0.15, -0.1) is 0 Å². The number of carbonyl (C=O) groups excluding carboxylic acids is 2. The van der Waals surface area contributed by atoms with E-state index in [2.05, 4.69) is 5.32 Å². The van der Waals surface area contributed by atoms with Gasteiger partial charge in [0, 0.05) is 5.69 Å². The van der Waals surface area contributed by atoms with Crippen LogP contribution >= 0.6 is 0 Å². The van der Waals surface area contributed by atoms with Crippen molar-refractivity contribution in [1.82, 2.24) is 0 Å². The second-order valence-corrected chi connectivity index (χ2v) is 5.62. The summed E-state index contributed by atoms with van der Waals surface area (Å²) in [6.07, 6.45) is 0.182. The van der Waals surface area contributed by atoms with Crippen LogP contribution in [0.3, 0.4) is 0 Å². The Hall–Kier alpha value is -2.62. The lowest BCUT2D eigenvalue weighted by Gasteiger charge is -2.18. The zero-order valence-corrected chi connectivity index (χ0v) is 12.7. The van der Waals surface area contributed by atoms with Crippen molar-refractivity contribution >= 4 is 23.2 Å². The molecular weight excluding hydrogens is 276 g/mol. The number of nitrogens with zero attached hydrogens (tertiary/aromatic N) is 1. The summed E-state index contributed by atoms with van der Waals surface area (Å²) in [7, 11) is 0. The molecule has 1 unspecified atom stereocenters. The van der Waals surface area contributed by atoms with Crippen LogP contribution in [0.15, 0.2) is 48.5 Å². The van der Waals surface area contributed by atoms with Gasteiger partial charge in [0.05, 0.1) is 12.1 Å². The number of nitrogens with one attached hydrogen (secondary N) is 1. The number of anilines is 2. The van der Waals surface area contributed by atoms with Crippen molar-refractivity contribution in [1.29, 1.82) is 0 Å². The number of para-hydroxylation sites is 1. The summed E-state index contributed by atoms with van der Waals surface area (Å²) in [5.41, 5.74) is 3.48. The fourth-order valence-corrected chi connectivity index (χ4v) is 2.69. The molecule has 112 valence electrons. The molecule has 4 heteroatoms. The summed E-state index contributed by atoms with van der Waals surface area (Å²) in [6.45, 7) is 3.86. The van der Waals surface area contributed by atoms with Crippen LogP contribution in [-0.2, 0) is 9.59 Å². The number of hydrogen-bond donors (Lipinski definition) is 1. The van der Waals surface area contributed by atoms with Gasteiger partial charge in [-0.1, -0.05) is 30.3 Å². The highest BCUT2D eigenvalue weighted by Crippen LogP contribution is 2.28. The van der Waals surface area contributed by atoms with Gasteiger partial charge < -0.3 is 5.32 Å². The Balaban J connectivity index is 1.87. The Morgan fingerprint density at radius 1 is 1.05 bits per heavy atom. The molecule has 4 nitrogen and oxygen atoms in total.